The number of pyridine rings is 1. The van der Waals surface area contributed by atoms with Crippen molar-refractivity contribution in [1.29, 1.82) is 5.26 Å². The average molecular weight is 574 g/mol. The molecule has 1 aliphatic rings. The van der Waals surface area contributed by atoms with Crippen LogP contribution in [0.2, 0.25) is 0 Å². The van der Waals surface area contributed by atoms with Crippen LogP contribution in [0.3, 0.4) is 0 Å². The summed E-state index contributed by atoms with van der Waals surface area (Å²) in [5.74, 6) is 1.09. The summed E-state index contributed by atoms with van der Waals surface area (Å²) in [6.07, 6.45) is 6.86. The van der Waals surface area contributed by atoms with E-state index in [0.29, 0.717) is 5.71 Å². The molecule has 1 aromatic carbocycles. The number of rotatable bonds is 6. The van der Waals surface area contributed by atoms with Crippen LogP contribution in [-0.2, 0) is 17.4 Å². The standard InChI is InChI=1S/C23H21BrIN5/c1-3-4-5-20-28-21-15(2)10-11-27-22(21)30(20)14-16-6-8-17(9-7-16)23(24)19(25)12-18(13-26)29-23/h6-12H,3-5,14H2,1-2H3. The number of aromatic nitrogens is 3. The van der Waals surface area contributed by atoms with Crippen LogP contribution < -0.4 is 0 Å². The highest BCUT2D eigenvalue weighted by molar-refractivity contribution is 14.1. The zero-order valence-corrected chi connectivity index (χ0v) is 20.6. The summed E-state index contributed by atoms with van der Waals surface area (Å²) in [6.45, 7) is 5.01. The summed E-state index contributed by atoms with van der Waals surface area (Å²) >= 11 is 5.96. The Morgan fingerprint density at radius 3 is 2.67 bits per heavy atom. The smallest absolute Gasteiger partial charge is 0.172 e. The number of nitrogens with zero attached hydrogens (tertiary/aromatic N) is 5. The molecule has 0 saturated carbocycles. The number of nitriles is 1. The lowest BCUT2D eigenvalue weighted by Gasteiger charge is -2.20. The molecular weight excluding hydrogens is 553 g/mol. The third-order valence-corrected chi connectivity index (χ3v) is 8.21. The number of hydrogen-bond acceptors (Lipinski definition) is 4. The third kappa shape index (κ3) is 3.83. The Hall–Kier alpha value is -2.05. The Kier molecular flexibility index (Phi) is 6.07. The molecule has 3 aromatic rings. The van der Waals surface area contributed by atoms with Crippen molar-refractivity contribution in [3.8, 4) is 6.07 Å². The molecule has 4 rings (SSSR count). The van der Waals surface area contributed by atoms with E-state index < -0.39 is 4.45 Å². The Morgan fingerprint density at radius 2 is 2.00 bits per heavy atom. The van der Waals surface area contributed by atoms with Gasteiger partial charge < -0.3 is 4.57 Å². The van der Waals surface area contributed by atoms with Gasteiger partial charge in [0.05, 0.1) is 6.54 Å². The highest BCUT2D eigenvalue weighted by Gasteiger charge is 2.36. The van der Waals surface area contributed by atoms with Gasteiger partial charge in [-0.1, -0.05) is 37.6 Å². The molecule has 1 aliphatic heterocycles. The minimum Gasteiger partial charge on any atom is -0.308 e. The molecule has 1 unspecified atom stereocenters. The molecule has 0 N–H and O–H groups in total. The minimum atomic E-state index is -0.663. The molecule has 7 heteroatoms. The first-order valence-electron chi connectivity index (χ1n) is 9.93. The molecule has 0 aliphatic carbocycles. The molecule has 3 heterocycles. The Bertz CT molecular complexity index is 1200. The fraction of sp³-hybridized carbons (Fsp3) is 0.304. The normalized spacial score (nSPS) is 18.4. The second-order valence-corrected chi connectivity index (χ2v) is 9.75. The molecule has 2 aromatic heterocycles. The monoisotopic (exact) mass is 573 g/mol. The highest BCUT2D eigenvalue weighted by Crippen LogP contribution is 2.46. The molecule has 0 fully saturated rings. The molecule has 0 saturated heterocycles. The van der Waals surface area contributed by atoms with Gasteiger partial charge in [-0.15, -0.1) is 0 Å². The van der Waals surface area contributed by atoms with Crippen LogP contribution >= 0.6 is 38.5 Å². The first-order chi connectivity index (χ1) is 14.5. The summed E-state index contributed by atoms with van der Waals surface area (Å²) in [5, 5.41) is 9.18. The predicted molar refractivity (Wildman–Crippen MR) is 132 cm³/mol. The van der Waals surface area contributed by atoms with Gasteiger partial charge in [-0.05, 0) is 80.7 Å². The van der Waals surface area contributed by atoms with Gasteiger partial charge >= 0.3 is 0 Å². The lowest BCUT2D eigenvalue weighted by Crippen LogP contribution is -2.13. The zero-order chi connectivity index (χ0) is 21.3. The van der Waals surface area contributed by atoms with E-state index >= 15 is 0 Å². The maximum absolute atomic E-state index is 9.18. The van der Waals surface area contributed by atoms with Gasteiger partial charge in [-0.2, -0.15) is 5.26 Å². The number of alkyl halides is 1. The number of aliphatic imine (C=N–C) groups is 1. The van der Waals surface area contributed by atoms with Crippen molar-refractivity contribution >= 4 is 55.4 Å². The van der Waals surface area contributed by atoms with Crippen LogP contribution in [0.5, 0.6) is 0 Å². The zero-order valence-electron chi connectivity index (χ0n) is 16.9. The van der Waals surface area contributed by atoms with Crippen molar-refractivity contribution in [3.63, 3.8) is 0 Å². The summed E-state index contributed by atoms with van der Waals surface area (Å²) in [5.41, 5.74) is 5.71. The second kappa shape index (κ2) is 8.60. The number of aryl methyl sites for hydroxylation is 2. The number of benzene rings is 1. The molecule has 0 spiro atoms. The van der Waals surface area contributed by atoms with Gasteiger partial charge in [0, 0.05) is 16.2 Å². The molecule has 5 nitrogen and oxygen atoms in total. The Balaban J connectivity index is 1.67. The van der Waals surface area contributed by atoms with E-state index in [0.717, 1.165) is 57.5 Å². The molecular formula is C23H21BrIN5. The second-order valence-electron chi connectivity index (χ2n) is 7.44. The highest BCUT2D eigenvalue weighted by atomic mass is 127. The number of unbranched alkanes of at least 4 members (excludes halogenated alkanes) is 1. The van der Waals surface area contributed by atoms with Gasteiger partial charge in [0.25, 0.3) is 0 Å². The SMILES string of the molecule is CCCCc1nc2c(C)ccnc2n1Cc1ccc(C2(Br)N=C(C#N)C=C2I)cc1. The van der Waals surface area contributed by atoms with Crippen LogP contribution in [0, 0.1) is 18.3 Å². The van der Waals surface area contributed by atoms with E-state index in [9.17, 15) is 5.26 Å². The maximum atomic E-state index is 9.18. The van der Waals surface area contributed by atoms with E-state index in [1.165, 1.54) is 5.56 Å². The van der Waals surface area contributed by atoms with Crippen molar-refractivity contribution < 1.29 is 0 Å². The number of fused-ring (bicyclic) bond motifs is 1. The average Bonchev–Trinajstić information content (AvgIpc) is 3.25. The van der Waals surface area contributed by atoms with Crippen LogP contribution in [0.1, 0.15) is 42.3 Å². The lowest BCUT2D eigenvalue weighted by molar-refractivity contribution is 0.686. The van der Waals surface area contributed by atoms with E-state index in [1.807, 2.05) is 18.3 Å². The molecule has 0 radical (unpaired) electrons. The van der Waals surface area contributed by atoms with Crippen LogP contribution in [-0.4, -0.2) is 20.2 Å². The number of imidazole rings is 1. The molecule has 152 valence electrons. The molecule has 30 heavy (non-hydrogen) atoms. The summed E-state index contributed by atoms with van der Waals surface area (Å²) in [4.78, 5) is 14.1. The number of halogens is 2. The topological polar surface area (TPSA) is 66.9 Å². The fourth-order valence-corrected chi connectivity index (χ4v) is 4.91. The van der Waals surface area contributed by atoms with Crippen molar-refractivity contribution in [1.82, 2.24) is 14.5 Å². The number of hydrogen-bond donors (Lipinski definition) is 0. The third-order valence-electron chi connectivity index (χ3n) is 5.31. The van der Waals surface area contributed by atoms with E-state index in [1.54, 1.807) is 0 Å². The van der Waals surface area contributed by atoms with Crippen molar-refractivity contribution in [3.05, 3.63) is 68.7 Å². The van der Waals surface area contributed by atoms with Gasteiger partial charge in [0.2, 0.25) is 0 Å². The largest absolute Gasteiger partial charge is 0.308 e. The summed E-state index contributed by atoms with van der Waals surface area (Å²) in [7, 11) is 0. The summed E-state index contributed by atoms with van der Waals surface area (Å²) < 4.78 is 2.55. The summed E-state index contributed by atoms with van der Waals surface area (Å²) in [6, 6.07) is 12.5. The van der Waals surface area contributed by atoms with Crippen LogP contribution in [0.4, 0.5) is 0 Å². The quantitative estimate of drug-likeness (QED) is 0.207. The van der Waals surface area contributed by atoms with Crippen LogP contribution in [0.25, 0.3) is 11.2 Å². The Labute approximate surface area is 198 Å². The van der Waals surface area contributed by atoms with Crippen molar-refractivity contribution in [2.45, 2.75) is 44.1 Å². The van der Waals surface area contributed by atoms with Gasteiger partial charge in [0.1, 0.15) is 23.1 Å². The van der Waals surface area contributed by atoms with Crippen molar-refractivity contribution in [2.24, 2.45) is 4.99 Å². The Morgan fingerprint density at radius 1 is 1.23 bits per heavy atom. The van der Waals surface area contributed by atoms with E-state index in [2.05, 4.69) is 97.2 Å². The van der Waals surface area contributed by atoms with Crippen LogP contribution in [0.15, 0.2) is 51.2 Å². The van der Waals surface area contributed by atoms with E-state index in [-0.39, 0.29) is 0 Å². The first kappa shape index (κ1) is 21.2. The first-order valence-corrected chi connectivity index (χ1v) is 11.8. The molecule has 1 atom stereocenters. The number of allylic oxidation sites excluding steroid dienone is 1. The van der Waals surface area contributed by atoms with Gasteiger partial charge in [0.15, 0.2) is 10.1 Å². The lowest BCUT2D eigenvalue weighted by atomic mass is 10.1. The maximum Gasteiger partial charge on any atom is 0.172 e. The van der Waals surface area contributed by atoms with E-state index in [4.69, 9.17) is 4.98 Å². The minimum absolute atomic E-state index is 0.437. The van der Waals surface area contributed by atoms with Gasteiger partial charge in [-0.3, -0.25) is 0 Å². The van der Waals surface area contributed by atoms with Crippen molar-refractivity contribution in [2.75, 3.05) is 0 Å². The molecule has 0 amide bonds. The predicted octanol–water partition coefficient (Wildman–Crippen LogP) is 5.98. The van der Waals surface area contributed by atoms with Gasteiger partial charge in [-0.25, -0.2) is 15.0 Å². The fourth-order valence-electron chi connectivity index (χ4n) is 3.62. The molecule has 0 bridgehead atoms.